The number of amides is 3. The number of esters is 1. The molecule has 2 heterocycles. The van der Waals surface area contributed by atoms with Crippen LogP contribution in [0.5, 0.6) is 0 Å². The van der Waals surface area contributed by atoms with Gasteiger partial charge in [0.1, 0.15) is 5.00 Å². The maximum Gasteiger partial charge on any atom is 0.341 e. The lowest BCUT2D eigenvalue weighted by atomic mass is 10.1. The van der Waals surface area contributed by atoms with Gasteiger partial charge in [-0.25, -0.2) is 9.59 Å². The van der Waals surface area contributed by atoms with Crippen LogP contribution in [0.25, 0.3) is 0 Å². The molecule has 1 saturated heterocycles. The molecule has 3 amide bonds. The fraction of sp³-hybridized carbons (Fsp3) is 0.588. The summed E-state index contributed by atoms with van der Waals surface area (Å²) in [5, 5.41) is 3.48. The number of thiophene rings is 1. The van der Waals surface area contributed by atoms with E-state index in [0.717, 1.165) is 24.8 Å². The molecule has 25 heavy (non-hydrogen) atoms. The van der Waals surface area contributed by atoms with E-state index in [9.17, 15) is 14.4 Å². The molecule has 1 aliphatic heterocycles. The maximum absolute atomic E-state index is 12.6. The first-order valence-electron chi connectivity index (χ1n) is 8.64. The van der Waals surface area contributed by atoms with Gasteiger partial charge in [-0.1, -0.05) is 0 Å². The highest BCUT2D eigenvalue weighted by molar-refractivity contribution is 7.17. The van der Waals surface area contributed by atoms with Crippen LogP contribution < -0.4 is 5.32 Å². The van der Waals surface area contributed by atoms with Gasteiger partial charge in [-0.05, 0) is 31.7 Å². The van der Waals surface area contributed by atoms with Gasteiger partial charge in [0.2, 0.25) is 5.91 Å². The number of piperazine rings is 1. The van der Waals surface area contributed by atoms with Gasteiger partial charge in [-0.15, -0.1) is 11.3 Å². The maximum atomic E-state index is 12.6. The molecule has 0 bridgehead atoms. The number of carbonyl (C=O) groups is 3. The summed E-state index contributed by atoms with van der Waals surface area (Å²) in [5.74, 6) is -0.335. The SMILES string of the molecule is CCOC(=O)c1c(NC(=O)N2CCN(C(C)=O)CC2)sc2c1CCC2. The van der Waals surface area contributed by atoms with Crippen molar-refractivity contribution in [2.24, 2.45) is 0 Å². The van der Waals surface area contributed by atoms with Crippen molar-refractivity contribution < 1.29 is 19.1 Å². The lowest BCUT2D eigenvalue weighted by Gasteiger charge is -2.34. The second-order valence-corrected chi connectivity index (χ2v) is 7.31. The molecule has 1 aliphatic carbocycles. The number of fused-ring (bicyclic) bond motifs is 1. The van der Waals surface area contributed by atoms with Crippen LogP contribution >= 0.6 is 11.3 Å². The fourth-order valence-electron chi connectivity index (χ4n) is 3.31. The average Bonchev–Trinajstić information content (AvgIpc) is 3.15. The summed E-state index contributed by atoms with van der Waals surface area (Å²) in [4.78, 5) is 40.9. The Bertz CT molecular complexity index is 692. The molecule has 0 spiro atoms. The van der Waals surface area contributed by atoms with Crippen LogP contribution in [-0.2, 0) is 22.4 Å². The van der Waals surface area contributed by atoms with Gasteiger partial charge in [0.05, 0.1) is 12.2 Å². The van der Waals surface area contributed by atoms with Gasteiger partial charge in [-0.3, -0.25) is 10.1 Å². The molecule has 0 saturated carbocycles. The van der Waals surface area contributed by atoms with Gasteiger partial charge in [0, 0.05) is 38.0 Å². The van der Waals surface area contributed by atoms with E-state index >= 15 is 0 Å². The molecule has 1 aromatic rings. The van der Waals surface area contributed by atoms with E-state index in [-0.39, 0.29) is 17.9 Å². The van der Waals surface area contributed by atoms with Crippen molar-refractivity contribution in [3.8, 4) is 0 Å². The molecule has 2 aliphatic rings. The number of nitrogens with zero attached hydrogens (tertiary/aromatic N) is 2. The number of carbonyl (C=O) groups excluding carboxylic acids is 3. The molecule has 136 valence electrons. The summed E-state index contributed by atoms with van der Waals surface area (Å²) in [5.41, 5.74) is 1.55. The second-order valence-electron chi connectivity index (χ2n) is 6.21. The minimum atomic E-state index is -0.362. The average molecular weight is 365 g/mol. The monoisotopic (exact) mass is 365 g/mol. The first-order valence-corrected chi connectivity index (χ1v) is 9.46. The Morgan fingerprint density at radius 1 is 1.12 bits per heavy atom. The van der Waals surface area contributed by atoms with E-state index < -0.39 is 0 Å². The molecular weight excluding hydrogens is 342 g/mol. The number of anilines is 1. The normalized spacial score (nSPS) is 16.6. The molecule has 1 aromatic heterocycles. The Morgan fingerprint density at radius 3 is 2.44 bits per heavy atom. The number of ether oxygens (including phenoxy) is 1. The molecular formula is C17H23N3O4S. The third-order valence-electron chi connectivity index (χ3n) is 4.63. The quantitative estimate of drug-likeness (QED) is 0.832. The zero-order chi connectivity index (χ0) is 18.0. The summed E-state index contributed by atoms with van der Waals surface area (Å²) >= 11 is 1.48. The Morgan fingerprint density at radius 2 is 1.80 bits per heavy atom. The van der Waals surface area contributed by atoms with Crippen molar-refractivity contribution in [1.82, 2.24) is 9.80 Å². The Balaban J connectivity index is 1.71. The predicted molar refractivity (Wildman–Crippen MR) is 95.1 cm³/mol. The highest BCUT2D eigenvalue weighted by atomic mass is 32.1. The Kier molecular flexibility index (Phi) is 5.27. The number of hydrogen-bond acceptors (Lipinski definition) is 5. The van der Waals surface area contributed by atoms with Crippen LogP contribution in [0.3, 0.4) is 0 Å². The summed E-state index contributed by atoms with van der Waals surface area (Å²) in [6.07, 6.45) is 2.83. The van der Waals surface area contributed by atoms with E-state index in [1.807, 2.05) is 0 Å². The van der Waals surface area contributed by atoms with Gasteiger partial charge in [-0.2, -0.15) is 0 Å². The van der Waals surface area contributed by atoms with Crippen molar-refractivity contribution >= 4 is 34.2 Å². The molecule has 7 nitrogen and oxygen atoms in total. The van der Waals surface area contributed by atoms with Crippen LogP contribution in [-0.4, -0.2) is 60.5 Å². The standard InChI is InChI=1S/C17H23N3O4S/c1-3-24-16(22)14-12-5-4-6-13(12)25-15(14)18-17(23)20-9-7-19(8-10-20)11(2)21/h3-10H2,1-2H3,(H,18,23). The van der Waals surface area contributed by atoms with Gasteiger partial charge in [0.25, 0.3) is 0 Å². The van der Waals surface area contributed by atoms with E-state index in [4.69, 9.17) is 4.74 Å². The first-order chi connectivity index (χ1) is 12.0. The molecule has 8 heteroatoms. The molecule has 3 rings (SSSR count). The summed E-state index contributed by atoms with van der Waals surface area (Å²) in [7, 11) is 0. The van der Waals surface area contributed by atoms with E-state index in [1.165, 1.54) is 23.1 Å². The molecule has 0 radical (unpaired) electrons. The van der Waals surface area contributed by atoms with Crippen molar-refractivity contribution in [3.05, 3.63) is 16.0 Å². The lowest BCUT2D eigenvalue weighted by Crippen LogP contribution is -2.51. The zero-order valence-electron chi connectivity index (χ0n) is 14.6. The summed E-state index contributed by atoms with van der Waals surface area (Å²) < 4.78 is 5.18. The predicted octanol–water partition coefficient (Wildman–Crippen LogP) is 2.11. The largest absolute Gasteiger partial charge is 0.462 e. The van der Waals surface area contributed by atoms with Crippen LogP contribution in [0.1, 0.15) is 41.1 Å². The second kappa shape index (κ2) is 7.43. The van der Waals surface area contributed by atoms with Crippen LogP contribution in [0.4, 0.5) is 9.80 Å². The van der Waals surface area contributed by atoms with Crippen LogP contribution in [0, 0.1) is 0 Å². The highest BCUT2D eigenvalue weighted by Gasteiger charge is 2.30. The van der Waals surface area contributed by atoms with Crippen molar-refractivity contribution in [2.75, 3.05) is 38.1 Å². The molecule has 0 unspecified atom stereocenters. The van der Waals surface area contributed by atoms with Gasteiger partial charge < -0.3 is 14.5 Å². The number of urea groups is 1. The topological polar surface area (TPSA) is 79.0 Å². The minimum absolute atomic E-state index is 0.0272. The van der Waals surface area contributed by atoms with Crippen molar-refractivity contribution in [3.63, 3.8) is 0 Å². The fourth-order valence-corrected chi connectivity index (χ4v) is 4.58. The number of rotatable bonds is 3. The third-order valence-corrected chi connectivity index (χ3v) is 5.84. The molecule has 1 fully saturated rings. The number of hydrogen-bond donors (Lipinski definition) is 1. The van der Waals surface area contributed by atoms with E-state index in [0.29, 0.717) is 43.4 Å². The zero-order valence-corrected chi connectivity index (χ0v) is 15.4. The van der Waals surface area contributed by atoms with Crippen molar-refractivity contribution in [1.29, 1.82) is 0 Å². The summed E-state index contributed by atoms with van der Waals surface area (Å²) in [6, 6.07) is -0.228. The molecule has 1 N–H and O–H groups in total. The highest BCUT2D eigenvalue weighted by Crippen LogP contribution is 2.39. The smallest absolute Gasteiger partial charge is 0.341 e. The molecule has 0 atom stereocenters. The number of aryl methyl sites for hydroxylation is 1. The third kappa shape index (κ3) is 3.63. The van der Waals surface area contributed by atoms with Gasteiger partial charge >= 0.3 is 12.0 Å². The minimum Gasteiger partial charge on any atom is -0.462 e. The lowest BCUT2D eigenvalue weighted by molar-refractivity contribution is -0.130. The van der Waals surface area contributed by atoms with E-state index in [2.05, 4.69) is 5.32 Å². The van der Waals surface area contributed by atoms with Crippen LogP contribution in [0.15, 0.2) is 0 Å². The van der Waals surface area contributed by atoms with Gasteiger partial charge in [0.15, 0.2) is 0 Å². The van der Waals surface area contributed by atoms with Crippen molar-refractivity contribution in [2.45, 2.75) is 33.1 Å². The first kappa shape index (κ1) is 17.7. The Hall–Kier alpha value is -2.09. The Labute approximate surface area is 150 Å². The molecule has 0 aromatic carbocycles. The summed E-state index contributed by atoms with van der Waals surface area (Å²) in [6.45, 7) is 5.68. The van der Waals surface area contributed by atoms with Crippen LogP contribution in [0.2, 0.25) is 0 Å². The van der Waals surface area contributed by atoms with E-state index in [1.54, 1.807) is 16.7 Å². The number of nitrogens with one attached hydrogen (secondary N) is 1.